The molecule has 2 atom stereocenters. The summed E-state index contributed by atoms with van der Waals surface area (Å²) in [5, 5.41) is 9.22. The van der Waals surface area contributed by atoms with Crippen molar-refractivity contribution >= 4 is 17.6 Å². The van der Waals surface area contributed by atoms with Gasteiger partial charge in [0.15, 0.2) is 6.10 Å². The lowest BCUT2D eigenvalue weighted by Crippen LogP contribution is -2.52. The predicted octanol–water partition coefficient (Wildman–Crippen LogP) is 1.66. The summed E-state index contributed by atoms with van der Waals surface area (Å²) in [5.41, 5.74) is 0.523. The van der Waals surface area contributed by atoms with Crippen LogP contribution in [0, 0.1) is 0 Å². The molecule has 0 bridgehead atoms. The minimum atomic E-state index is -1.00. The van der Waals surface area contributed by atoms with E-state index in [9.17, 15) is 14.7 Å². The molecule has 0 radical (unpaired) electrons. The zero-order valence-electron chi connectivity index (χ0n) is 10.3. The molecule has 1 aromatic carbocycles. The van der Waals surface area contributed by atoms with Crippen molar-refractivity contribution in [1.29, 1.82) is 0 Å². The van der Waals surface area contributed by atoms with E-state index in [1.165, 1.54) is 4.90 Å². The molecule has 2 rings (SSSR count). The van der Waals surface area contributed by atoms with Crippen LogP contribution < -0.4 is 9.64 Å². The highest BCUT2D eigenvalue weighted by Gasteiger charge is 2.38. The molecule has 96 valence electrons. The predicted molar refractivity (Wildman–Crippen MR) is 65.7 cm³/mol. The van der Waals surface area contributed by atoms with E-state index in [4.69, 9.17) is 4.74 Å². The number of aliphatic carboxylic acids is 1. The van der Waals surface area contributed by atoms with E-state index in [-0.39, 0.29) is 5.91 Å². The van der Waals surface area contributed by atoms with Crippen LogP contribution in [0.25, 0.3) is 0 Å². The van der Waals surface area contributed by atoms with Gasteiger partial charge in [-0.2, -0.15) is 0 Å². The number of carbonyl (C=O) groups is 2. The maximum Gasteiger partial charge on any atom is 0.326 e. The van der Waals surface area contributed by atoms with Crippen molar-refractivity contribution in [2.24, 2.45) is 0 Å². The molecule has 0 aliphatic carbocycles. The van der Waals surface area contributed by atoms with Crippen LogP contribution in [0.15, 0.2) is 24.3 Å². The molecule has 5 heteroatoms. The Labute approximate surface area is 105 Å². The van der Waals surface area contributed by atoms with Crippen molar-refractivity contribution < 1.29 is 19.4 Å². The van der Waals surface area contributed by atoms with Gasteiger partial charge in [0.25, 0.3) is 5.91 Å². The normalized spacial score (nSPS) is 20.0. The highest BCUT2D eigenvalue weighted by molar-refractivity contribution is 6.04. The van der Waals surface area contributed by atoms with E-state index in [1.54, 1.807) is 38.1 Å². The van der Waals surface area contributed by atoms with E-state index < -0.39 is 18.1 Å². The van der Waals surface area contributed by atoms with Gasteiger partial charge in [0, 0.05) is 0 Å². The number of anilines is 1. The second-order valence-corrected chi connectivity index (χ2v) is 4.20. The zero-order chi connectivity index (χ0) is 13.3. The number of carbonyl (C=O) groups excluding carboxylic acids is 1. The van der Waals surface area contributed by atoms with Crippen LogP contribution in [0.4, 0.5) is 5.69 Å². The van der Waals surface area contributed by atoms with Crippen LogP contribution in [0.2, 0.25) is 0 Å². The van der Waals surface area contributed by atoms with E-state index in [0.717, 1.165) is 0 Å². The van der Waals surface area contributed by atoms with E-state index in [2.05, 4.69) is 0 Å². The molecule has 0 unspecified atom stereocenters. The standard InChI is InChI=1S/C13H15NO4/c1-3-9(13(16)17)14-10-6-4-5-7-11(10)18-8(2)12(14)15/h4-9H,3H2,1-2H3,(H,16,17)/t8-,9+/m1/s1. The smallest absolute Gasteiger partial charge is 0.326 e. The molecule has 18 heavy (non-hydrogen) atoms. The van der Waals surface area contributed by atoms with Crippen molar-refractivity contribution in [3.8, 4) is 5.75 Å². The van der Waals surface area contributed by atoms with Gasteiger partial charge in [0.05, 0.1) is 5.69 Å². The van der Waals surface area contributed by atoms with Gasteiger partial charge in [0.2, 0.25) is 0 Å². The Morgan fingerprint density at radius 2 is 2.17 bits per heavy atom. The third-order valence-corrected chi connectivity index (χ3v) is 3.00. The number of fused-ring (bicyclic) bond motifs is 1. The Morgan fingerprint density at radius 3 is 2.78 bits per heavy atom. The molecule has 1 amide bonds. The summed E-state index contributed by atoms with van der Waals surface area (Å²) in [6.07, 6.45) is -0.310. The molecule has 5 nitrogen and oxygen atoms in total. The Morgan fingerprint density at radius 1 is 1.50 bits per heavy atom. The van der Waals surface area contributed by atoms with Gasteiger partial charge < -0.3 is 9.84 Å². The molecule has 0 saturated carbocycles. The molecule has 1 heterocycles. The van der Waals surface area contributed by atoms with Crippen LogP contribution in [-0.2, 0) is 9.59 Å². The number of carboxylic acid groups (broad SMARTS) is 1. The highest BCUT2D eigenvalue weighted by atomic mass is 16.5. The molecule has 0 spiro atoms. The van der Waals surface area contributed by atoms with Crippen molar-refractivity contribution in [3.05, 3.63) is 24.3 Å². The van der Waals surface area contributed by atoms with Gasteiger partial charge in [-0.15, -0.1) is 0 Å². The molecule has 0 saturated heterocycles. The monoisotopic (exact) mass is 249 g/mol. The first-order valence-corrected chi connectivity index (χ1v) is 5.87. The summed E-state index contributed by atoms with van der Waals surface area (Å²) in [6, 6.07) is 6.13. The number of amides is 1. The van der Waals surface area contributed by atoms with Crippen LogP contribution in [0.3, 0.4) is 0 Å². The maximum atomic E-state index is 12.1. The molecule has 0 fully saturated rings. The summed E-state index contributed by atoms with van der Waals surface area (Å²) in [4.78, 5) is 24.7. The van der Waals surface area contributed by atoms with Gasteiger partial charge in [-0.3, -0.25) is 9.69 Å². The number of hydrogen-bond acceptors (Lipinski definition) is 3. The quantitative estimate of drug-likeness (QED) is 0.884. The number of nitrogens with zero attached hydrogens (tertiary/aromatic N) is 1. The van der Waals surface area contributed by atoms with Gasteiger partial charge in [0.1, 0.15) is 11.8 Å². The van der Waals surface area contributed by atoms with E-state index >= 15 is 0 Å². The number of para-hydroxylation sites is 2. The van der Waals surface area contributed by atoms with E-state index in [1.807, 2.05) is 0 Å². The lowest BCUT2D eigenvalue weighted by atomic mass is 10.1. The molecular weight excluding hydrogens is 234 g/mol. The average molecular weight is 249 g/mol. The second kappa shape index (κ2) is 4.68. The summed E-state index contributed by atoms with van der Waals surface area (Å²) in [7, 11) is 0. The van der Waals surface area contributed by atoms with Crippen molar-refractivity contribution in [3.63, 3.8) is 0 Å². The highest BCUT2D eigenvalue weighted by Crippen LogP contribution is 2.35. The summed E-state index contributed by atoms with van der Waals surface area (Å²) in [5.74, 6) is -0.776. The fourth-order valence-corrected chi connectivity index (χ4v) is 2.10. The van der Waals surface area contributed by atoms with Crippen molar-refractivity contribution in [1.82, 2.24) is 0 Å². The van der Waals surface area contributed by atoms with E-state index in [0.29, 0.717) is 17.9 Å². The van der Waals surface area contributed by atoms with Gasteiger partial charge in [-0.1, -0.05) is 19.1 Å². The summed E-state index contributed by atoms with van der Waals surface area (Å²) in [6.45, 7) is 3.37. The topological polar surface area (TPSA) is 66.8 Å². The third-order valence-electron chi connectivity index (χ3n) is 3.00. The fourth-order valence-electron chi connectivity index (χ4n) is 2.10. The number of hydrogen-bond donors (Lipinski definition) is 1. The Hall–Kier alpha value is -2.04. The summed E-state index contributed by atoms with van der Waals surface area (Å²) < 4.78 is 5.46. The fraction of sp³-hybridized carbons (Fsp3) is 0.385. The van der Waals surface area contributed by atoms with Crippen molar-refractivity contribution in [2.45, 2.75) is 32.4 Å². The minimum absolute atomic E-state index is 0.317. The van der Waals surface area contributed by atoms with Crippen LogP contribution >= 0.6 is 0 Å². The first-order chi connectivity index (χ1) is 8.56. The second-order valence-electron chi connectivity index (χ2n) is 4.20. The number of ether oxygens (including phenoxy) is 1. The first-order valence-electron chi connectivity index (χ1n) is 5.87. The number of benzene rings is 1. The number of carboxylic acids is 1. The van der Waals surface area contributed by atoms with Gasteiger partial charge in [-0.25, -0.2) is 4.79 Å². The lowest BCUT2D eigenvalue weighted by Gasteiger charge is -2.36. The van der Waals surface area contributed by atoms with Crippen LogP contribution in [0.1, 0.15) is 20.3 Å². The molecule has 0 aromatic heterocycles. The average Bonchev–Trinajstić information content (AvgIpc) is 2.34. The molecule has 1 N–H and O–H groups in total. The van der Waals surface area contributed by atoms with Crippen LogP contribution in [0.5, 0.6) is 5.75 Å². The van der Waals surface area contributed by atoms with Gasteiger partial charge in [-0.05, 0) is 25.5 Å². The van der Waals surface area contributed by atoms with Gasteiger partial charge >= 0.3 is 5.97 Å². The number of rotatable bonds is 3. The maximum absolute atomic E-state index is 12.1. The Kier molecular flexibility index (Phi) is 3.23. The SMILES string of the molecule is CC[C@@H](C(=O)O)N1C(=O)[C@@H](C)Oc2ccccc21. The molecule has 1 aromatic rings. The first kappa shape index (κ1) is 12.4. The minimum Gasteiger partial charge on any atom is -0.480 e. The van der Waals surface area contributed by atoms with Crippen LogP contribution in [-0.4, -0.2) is 29.1 Å². The Balaban J connectivity index is 2.50. The zero-order valence-corrected chi connectivity index (χ0v) is 10.3. The third kappa shape index (κ3) is 1.92. The Bertz CT molecular complexity index is 486. The lowest BCUT2D eigenvalue weighted by molar-refractivity contribution is -0.141. The summed E-state index contributed by atoms with van der Waals surface area (Å²) >= 11 is 0. The molecular formula is C13H15NO4. The molecule has 1 aliphatic heterocycles. The van der Waals surface area contributed by atoms with Crippen molar-refractivity contribution in [2.75, 3.05) is 4.90 Å². The largest absolute Gasteiger partial charge is 0.480 e. The molecule has 1 aliphatic rings.